The molecule has 2 rings (SSSR count). The van der Waals surface area contributed by atoms with Gasteiger partial charge in [0.15, 0.2) is 17.3 Å². The molecule has 0 saturated carbocycles. The minimum Gasteiger partial charge on any atom is -0.209 e. The first-order valence-electron chi connectivity index (χ1n) is 7.61. The monoisotopic (exact) mass is 428 g/mol. The molecule has 1 aromatic carbocycles. The Hall–Kier alpha value is -4.86. The fourth-order valence-electron chi connectivity index (χ4n) is 2.57. The van der Waals surface area contributed by atoms with Crippen LogP contribution in [0.5, 0.6) is 0 Å². The van der Waals surface area contributed by atoms with E-state index >= 15 is 0 Å². The number of hydrogen-bond acceptors (Lipinski definition) is 6. The number of pyridine rings is 1. The fourth-order valence-corrected chi connectivity index (χ4v) is 2.57. The highest BCUT2D eigenvalue weighted by molar-refractivity contribution is 5.80. The summed E-state index contributed by atoms with van der Waals surface area (Å²) in [7, 11) is 0. The van der Waals surface area contributed by atoms with Gasteiger partial charge in [-0.25, -0.2) is 13.8 Å². The molecule has 6 nitrogen and oxygen atoms in total. The summed E-state index contributed by atoms with van der Waals surface area (Å²) >= 11 is 0. The molecule has 150 valence electrons. The predicted molar refractivity (Wildman–Crippen MR) is 87.0 cm³/mol. The lowest BCUT2D eigenvalue weighted by Gasteiger charge is -2.12. The van der Waals surface area contributed by atoms with Gasteiger partial charge in [0.2, 0.25) is 5.95 Å². The second-order valence-electron chi connectivity index (χ2n) is 5.47. The zero-order chi connectivity index (χ0) is 23.5. The Morgan fingerprint density at radius 2 is 1.29 bits per heavy atom. The molecule has 2 aromatic rings. The first kappa shape index (κ1) is 22.4. The highest BCUT2D eigenvalue weighted by atomic mass is 19.4. The van der Waals surface area contributed by atoms with Crippen LogP contribution in [0, 0.1) is 74.2 Å². The van der Waals surface area contributed by atoms with Gasteiger partial charge in [0.05, 0.1) is 22.3 Å². The van der Waals surface area contributed by atoms with Gasteiger partial charge >= 0.3 is 6.18 Å². The predicted octanol–water partition coefficient (Wildman–Crippen LogP) is 2.18. The Bertz CT molecular complexity index is 1440. The van der Waals surface area contributed by atoms with Crippen molar-refractivity contribution in [2.24, 2.45) is 0 Å². The second-order valence-corrected chi connectivity index (χ2v) is 5.47. The van der Waals surface area contributed by atoms with Gasteiger partial charge < -0.3 is 0 Å². The molecular formula is C19H2F6N6. The van der Waals surface area contributed by atoms with Crippen LogP contribution in [-0.4, -0.2) is 4.98 Å². The van der Waals surface area contributed by atoms with Crippen LogP contribution in [-0.2, 0) is 6.18 Å². The first-order chi connectivity index (χ1) is 14.6. The summed E-state index contributed by atoms with van der Waals surface area (Å²) in [6.07, 6.45) is -5.54. The molecule has 0 radical (unpaired) electrons. The summed E-state index contributed by atoms with van der Waals surface area (Å²) in [4.78, 5) is 2.19. The highest BCUT2D eigenvalue weighted by Crippen LogP contribution is 2.34. The molecule has 0 saturated heterocycles. The SMILES string of the molecule is N#CC(C#N)=c1cc/c(=C(/C#N)c2c(F)c(F)nc(C(F)(F)F)c2F)c(C#N)c1C#N. The third kappa shape index (κ3) is 3.72. The average Bonchev–Trinajstić information content (AvgIpc) is 2.73. The molecule has 0 aliphatic carbocycles. The molecule has 0 bridgehead atoms. The molecule has 31 heavy (non-hydrogen) atoms. The van der Waals surface area contributed by atoms with E-state index in [1.165, 1.54) is 30.3 Å². The van der Waals surface area contributed by atoms with Crippen molar-refractivity contribution in [2.45, 2.75) is 6.18 Å². The van der Waals surface area contributed by atoms with Crippen molar-refractivity contribution < 1.29 is 26.3 Å². The molecule has 0 aliphatic heterocycles. The van der Waals surface area contributed by atoms with Gasteiger partial charge in [-0.2, -0.15) is 43.9 Å². The van der Waals surface area contributed by atoms with Crippen LogP contribution in [0.4, 0.5) is 26.3 Å². The highest BCUT2D eigenvalue weighted by Gasteiger charge is 2.40. The molecule has 0 fully saturated rings. The number of aromatic nitrogens is 1. The van der Waals surface area contributed by atoms with E-state index < -0.39 is 62.5 Å². The molecule has 12 heteroatoms. The van der Waals surface area contributed by atoms with Crippen LogP contribution >= 0.6 is 0 Å². The van der Waals surface area contributed by atoms with Gasteiger partial charge in [0.25, 0.3) is 0 Å². The number of alkyl halides is 3. The lowest BCUT2D eigenvalue weighted by atomic mass is 9.95. The molecule has 0 aliphatic rings. The number of hydrogen-bond donors (Lipinski definition) is 0. The van der Waals surface area contributed by atoms with Crippen molar-refractivity contribution in [3.63, 3.8) is 0 Å². The standard InChI is InChI=1S/C19H2F6N6/c20-15-14(16(21)18(22)31-17(15)19(23,24)25)13(7-30)10-2-1-9(8(3-26)4-27)11(5-28)12(10)6-29/h1-2H/b13-10+. The molecule has 0 spiro atoms. The third-order valence-corrected chi connectivity index (χ3v) is 3.86. The maximum absolute atomic E-state index is 14.5. The van der Waals surface area contributed by atoms with Gasteiger partial charge in [-0.3, -0.25) is 0 Å². The largest absolute Gasteiger partial charge is 0.436 e. The maximum Gasteiger partial charge on any atom is 0.436 e. The molecule has 0 atom stereocenters. The quantitative estimate of drug-likeness (QED) is 0.505. The smallest absolute Gasteiger partial charge is 0.209 e. The van der Waals surface area contributed by atoms with Gasteiger partial charge in [0.1, 0.15) is 35.9 Å². The molecule has 0 unspecified atom stereocenters. The zero-order valence-corrected chi connectivity index (χ0v) is 14.6. The molecule has 0 N–H and O–H groups in total. The Morgan fingerprint density at radius 3 is 1.74 bits per heavy atom. The molecular weight excluding hydrogens is 426 g/mol. The number of nitrogens with zero attached hydrogens (tertiary/aromatic N) is 6. The fraction of sp³-hybridized carbons (Fsp3) is 0.0526. The molecule has 0 amide bonds. The Balaban J connectivity index is 3.25. The van der Waals surface area contributed by atoms with Crippen LogP contribution < -0.4 is 10.4 Å². The Morgan fingerprint density at radius 1 is 0.774 bits per heavy atom. The van der Waals surface area contributed by atoms with E-state index in [0.717, 1.165) is 12.1 Å². The molecule has 1 heterocycles. The summed E-state index contributed by atoms with van der Waals surface area (Å²) in [5.41, 5.74) is -7.47. The Labute approximate surface area is 168 Å². The van der Waals surface area contributed by atoms with Crippen LogP contribution in [0.1, 0.15) is 22.4 Å². The maximum atomic E-state index is 14.5. The van der Waals surface area contributed by atoms with E-state index in [1.807, 2.05) is 0 Å². The Kier molecular flexibility index (Phi) is 5.97. The third-order valence-electron chi connectivity index (χ3n) is 3.86. The molecule has 1 aromatic heterocycles. The minimum atomic E-state index is -5.54. The van der Waals surface area contributed by atoms with E-state index in [1.54, 1.807) is 0 Å². The van der Waals surface area contributed by atoms with Crippen molar-refractivity contribution in [1.29, 1.82) is 26.3 Å². The first-order valence-corrected chi connectivity index (χ1v) is 7.61. The average molecular weight is 428 g/mol. The topological polar surface area (TPSA) is 132 Å². The van der Waals surface area contributed by atoms with Gasteiger partial charge in [0, 0.05) is 10.4 Å². The number of benzene rings is 1. The van der Waals surface area contributed by atoms with Crippen LogP contribution in [0.25, 0.3) is 11.1 Å². The van der Waals surface area contributed by atoms with E-state index in [4.69, 9.17) is 10.5 Å². The number of nitriles is 5. The van der Waals surface area contributed by atoms with E-state index in [0.29, 0.717) is 0 Å². The van der Waals surface area contributed by atoms with Gasteiger partial charge in [-0.15, -0.1) is 0 Å². The minimum absolute atomic E-state index is 0.358. The lowest BCUT2D eigenvalue weighted by Crippen LogP contribution is -2.24. The van der Waals surface area contributed by atoms with Crippen LogP contribution in [0.3, 0.4) is 0 Å². The van der Waals surface area contributed by atoms with Crippen molar-refractivity contribution in [3.05, 3.63) is 62.5 Å². The summed E-state index contributed by atoms with van der Waals surface area (Å²) in [6.45, 7) is 0. The number of rotatable bonds is 1. The summed E-state index contributed by atoms with van der Waals surface area (Å²) in [6, 6.07) is 8.71. The van der Waals surface area contributed by atoms with Crippen LogP contribution in [0.2, 0.25) is 0 Å². The van der Waals surface area contributed by atoms with Crippen molar-refractivity contribution in [3.8, 4) is 30.3 Å². The normalized spacial score (nSPS) is 11.3. The van der Waals surface area contributed by atoms with E-state index in [-0.39, 0.29) is 5.22 Å². The zero-order valence-electron chi connectivity index (χ0n) is 14.6. The summed E-state index contributed by atoms with van der Waals surface area (Å²) in [5.74, 6) is -6.98. The van der Waals surface area contributed by atoms with E-state index in [2.05, 4.69) is 4.98 Å². The summed E-state index contributed by atoms with van der Waals surface area (Å²) < 4.78 is 81.2. The van der Waals surface area contributed by atoms with Crippen molar-refractivity contribution >= 4 is 11.1 Å². The number of halogens is 6. The van der Waals surface area contributed by atoms with Crippen molar-refractivity contribution in [1.82, 2.24) is 4.98 Å². The second kappa shape index (κ2) is 8.25. The van der Waals surface area contributed by atoms with Gasteiger partial charge in [-0.05, 0) is 0 Å². The van der Waals surface area contributed by atoms with E-state index in [9.17, 15) is 42.1 Å². The lowest BCUT2D eigenvalue weighted by molar-refractivity contribution is -0.144. The van der Waals surface area contributed by atoms with Crippen LogP contribution in [0.15, 0.2) is 12.1 Å². The van der Waals surface area contributed by atoms with Gasteiger partial charge in [-0.1, -0.05) is 12.1 Å². The van der Waals surface area contributed by atoms with Crippen molar-refractivity contribution in [2.75, 3.05) is 0 Å². The summed E-state index contributed by atoms with van der Waals surface area (Å²) in [5, 5.41) is 44.9.